The third-order valence-electron chi connectivity index (χ3n) is 6.84. The van der Waals surface area contributed by atoms with Gasteiger partial charge in [0, 0.05) is 41.4 Å². The van der Waals surface area contributed by atoms with Crippen LogP contribution in [0, 0.1) is 13.8 Å². The minimum atomic E-state index is -3.76. The lowest BCUT2D eigenvalue weighted by atomic mass is 9.89. The number of hydrogen-bond acceptors (Lipinski definition) is 3. The van der Waals surface area contributed by atoms with Gasteiger partial charge in [-0.05, 0) is 79.6 Å². The molecule has 0 unspecified atom stereocenters. The lowest BCUT2D eigenvalue weighted by molar-refractivity contribution is 0.0713. The molecule has 0 aliphatic carbocycles. The first kappa shape index (κ1) is 23.2. The molecule has 4 aromatic rings. The number of carbonyl (C=O) groups excluding carboxylic acids is 1. The lowest BCUT2D eigenvalue weighted by Crippen LogP contribution is -2.37. The molecular weight excluding hydrogens is 458 g/mol. The summed E-state index contributed by atoms with van der Waals surface area (Å²) in [5.74, 6) is 0.334. The normalized spacial score (nSPS) is 14.9. The molecule has 1 aliphatic heterocycles. The molecule has 2 N–H and O–H groups in total. The van der Waals surface area contributed by atoms with Gasteiger partial charge in [0.05, 0.1) is 4.90 Å². The number of H-pyrrole nitrogens is 1. The van der Waals surface area contributed by atoms with E-state index in [4.69, 9.17) is 0 Å². The number of hydrogen-bond donors (Lipinski definition) is 2. The van der Waals surface area contributed by atoms with Crippen LogP contribution in [0.25, 0.3) is 10.9 Å². The van der Waals surface area contributed by atoms with Crippen molar-refractivity contribution in [2.45, 2.75) is 37.5 Å². The molecule has 5 rings (SSSR count). The highest BCUT2D eigenvalue weighted by atomic mass is 32.2. The number of piperidine rings is 1. The molecule has 180 valence electrons. The Morgan fingerprint density at radius 2 is 1.74 bits per heavy atom. The maximum absolute atomic E-state index is 13.2. The van der Waals surface area contributed by atoms with Crippen LogP contribution in [0.2, 0.25) is 0 Å². The molecule has 35 heavy (non-hydrogen) atoms. The largest absolute Gasteiger partial charge is 0.361 e. The molecule has 6 nitrogen and oxygen atoms in total. The predicted molar refractivity (Wildman–Crippen MR) is 139 cm³/mol. The van der Waals surface area contributed by atoms with Crippen LogP contribution >= 0.6 is 0 Å². The Bertz CT molecular complexity index is 1500. The molecule has 7 heteroatoms. The number of aryl methyl sites for hydroxylation is 2. The monoisotopic (exact) mass is 487 g/mol. The highest BCUT2D eigenvalue weighted by Crippen LogP contribution is 2.33. The molecule has 0 spiro atoms. The van der Waals surface area contributed by atoms with Gasteiger partial charge in [-0.3, -0.25) is 9.52 Å². The number of para-hydroxylation sites is 1. The van der Waals surface area contributed by atoms with Crippen molar-refractivity contribution in [1.29, 1.82) is 0 Å². The number of amides is 1. The van der Waals surface area contributed by atoms with Gasteiger partial charge >= 0.3 is 0 Å². The summed E-state index contributed by atoms with van der Waals surface area (Å²) in [6.45, 7) is 4.97. The quantitative estimate of drug-likeness (QED) is 0.384. The van der Waals surface area contributed by atoms with E-state index in [1.807, 2.05) is 24.0 Å². The Morgan fingerprint density at radius 1 is 0.971 bits per heavy atom. The predicted octanol–water partition coefficient (Wildman–Crippen LogP) is 5.61. The second-order valence-electron chi connectivity index (χ2n) is 9.31. The average molecular weight is 488 g/mol. The number of sulfonamides is 1. The van der Waals surface area contributed by atoms with Gasteiger partial charge in [-0.15, -0.1) is 0 Å². The Balaban J connectivity index is 1.28. The zero-order valence-electron chi connectivity index (χ0n) is 19.9. The summed E-state index contributed by atoms with van der Waals surface area (Å²) in [6.07, 6.45) is 3.89. The van der Waals surface area contributed by atoms with E-state index in [9.17, 15) is 13.2 Å². The van der Waals surface area contributed by atoms with Gasteiger partial charge in [-0.25, -0.2) is 8.42 Å². The number of likely N-dealkylation sites (tertiary alicyclic amines) is 1. The van der Waals surface area contributed by atoms with Gasteiger partial charge in [0.2, 0.25) is 0 Å². The minimum Gasteiger partial charge on any atom is -0.361 e. The summed E-state index contributed by atoms with van der Waals surface area (Å²) in [5, 5.41) is 1.25. The van der Waals surface area contributed by atoms with Crippen molar-refractivity contribution in [2.24, 2.45) is 0 Å². The minimum absolute atomic E-state index is 0.0739. The number of aromatic nitrogens is 1. The SMILES string of the molecule is Cc1ccc(C)c(S(=O)(=O)Nc2cccc(C(=O)N3CCC(c4c[nH]c5ccccc45)CC3)c2)c1. The Morgan fingerprint density at radius 3 is 2.54 bits per heavy atom. The molecule has 0 atom stereocenters. The maximum atomic E-state index is 13.2. The Hall–Kier alpha value is -3.58. The van der Waals surface area contributed by atoms with Crippen molar-refractivity contribution in [2.75, 3.05) is 17.8 Å². The smallest absolute Gasteiger partial charge is 0.262 e. The number of anilines is 1. The van der Waals surface area contributed by atoms with Gasteiger partial charge in [0.1, 0.15) is 0 Å². The summed E-state index contributed by atoms with van der Waals surface area (Å²) in [6, 6.07) is 20.4. The van der Waals surface area contributed by atoms with Crippen molar-refractivity contribution >= 4 is 32.5 Å². The summed E-state index contributed by atoms with van der Waals surface area (Å²) in [4.78, 5) is 18.7. The molecule has 0 bridgehead atoms. The molecule has 2 heterocycles. The number of nitrogens with one attached hydrogen (secondary N) is 2. The van der Waals surface area contributed by atoms with E-state index in [1.54, 1.807) is 43.3 Å². The average Bonchev–Trinajstić information content (AvgIpc) is 3.29. The first-order valence-electron chi connectivity index (χ1n) is 11.9. The first-order chi connectivity index (χ1) is 16.8. The van der Waals surface area contributed by atoms with Gasteiger partial charge in [0.15, 0.2) is 0 Å². The molecule has 0 saturated carbocycles. The van der Waals surface area contributed by atoms with Crippen LogP contribution < -0.4 is 4.72 Å². The third kappa shape index (κ3) is 4.68. The zero-order chi connectivity index (χ0) is 24.6. The zero-order valence-corrected chi connectivity index (χ0v) is 20.7. The number of carbonyl (C=O) groups is 1. The van der Waals surface area contributed by atoms with Crippen molar-refractivity contribution < 1.29 is 13.2 Å². The van der Waals surface area contributed by atoms with Crippen molar-refractivity contribution in [1.82, 2.24) is 9.88 Å². The van der Waals surface area contributed by atoms with Crippen molar-refractivity contribution in [3.8, 4) is 0 Å². The second kappa shape index (κ2) is 9.23. The number of benzene rings is 3. The van der Waals surface area contributed by atoms with Crippen LogP contribution in [0.15, 0.2) is 77.8 Å². The highest BCUT2D eigenvalue weighted by molar-refractivity contribution is 7.92. The molecule has 0 radical (unpaired) electrons. The van der Waals surface area contributed by atoms with Crippen LogP contribution in [-0.4, -0.2) is 37.3 Å². The molecule has 1 amide bonds. The fourth-order valence-electron chi connectivity index (χ4n) is 4.93. The third-order valence-corrected chi connectivity index (χ3v) is 8.36. The van der Waals surface area contributed by atoms with E-state index in [0.29, 0.717) is 35.8 Å². The number of fused-ring (bicyclic) bond motifs is 1. The highest BCUT2D eigenvalue weighted by Gasteiger charge is 2.26. The summed E-state index contributed by atoms with van der Waals surface area (Å²) < 4.78 is 28.6. The first-order valence-corrected chi connectivity index (χ1v) is 13.4. The van der Waals surface area contributed by atoms with Crippen molar-refractivity contribution in [3.05, 3.63) is 95.2 Å². The Kier molecular flexibility index (Phi) is 6.11. The van der Waals surface area contributed by atoms with E-state index in [1.165, 1.54) is 10.9 Å². The molecular formula is C28H29N3O3S. The number of aromatic amines is 1. The van der Waals surface area contributed by atoms with Gasteiger partial charge in [-0.2, -0.15) is 0 Å². The van der Waals surface area contributed by atoms with E-state index < -0.39 is 10.0 Å². The molecule has 1 fully saturated rings. The number of nitrogens with zero attached hydrogens (tertiary/aromatic N) is 1. The van der Waals surface area contributed by atoms with E-state index in [2.05, 4.69) is 34.1 Å². The molecule has 1 aromatic heterocycles. The fraction of sp³-hybridized carbons (Fsp3) is 0.250. The summed E-state index contributed by atoms with van der Waals surface area (Å²) in [7, 11) is -3.76. The summed E-state index contributed by atoms with van der Waals surface area (Å²) in [5.41, 5.74) is 4.86. The van der Waals surface area contributed by atoms with Crippen LogP contribution in [0.1, 0.15) is 45.8 Å². The van der Waals surface area contributed by atoms with E-state index in [-0.39, 0.29) is 10.8 Å². The molecule has 1 aliphatic rings. The van der Waals surface area contributed by atoms with Crippen LogP contribution in [0.5, 0.6) is 0 Å². The number of rotatable bonds is 5. The topological polar surface area (TPSA) is 82.3 Å². The van der Waals surface area contributed by atoms with E-state index in [0.717, 1.165) is 23.9 Å². The maximum Gasteiger partial charge on any atom is 0.262 e. The van der Waals surface area contributed by atoms with E-state index >= 15 is 0 Å². The van der Waals surface area contributed by atoms with Gasteiger partial charge < -0.3 is 9.88 Å². The fourth-order valence-corrected chi connectivity index (χ4v) is 6.31. The van der Waals surface area contributed by atoms with Gasteiger partial charge in [-0.1, -0.05) is 36.4 Å². The van der Waals surface area contributed by atoms with Gasteiger partial charge in [0.25, 0.3) is 15.9 Å². The summed E-state index contributed by atoms with van der Waals surface area (Å²) >= 11 is 0. The van der Waals surface area contributed by atoms with Crippen LogP contribution in [-0.2, 0) is 10.0 Å². The molecule has 1 saturated heterocycles. The standard InChI is InChI=1S/C28H29N3O3S/c1-19-10-11-20(2)27(16-19)35(33,34)30-23-7-5-6-22(17-23)28(32)31-14-12-21(13-15-31)25-18-29-26-9-4-3-8-24(25)26/h3-11,16-18,21,29-30H,12-15H2,1-2H3. The Labute approximate surface area is 206 Å². The lowest BCUT2D eigenvalue weighted by Gasteiger charge is -2.32. The molecule has 3 aromatic carbocycles. The van der Waals surface area contributed by atoms with Crippen LogP contribution in [0.4, 0.5) is 5.69 Å². The van der Waals surface area contributed by atoms with Crippen molar-refractivity contribution in [3.63, 3.8) is 0 Å². The van der Waals surface area contributed by atoms with Crippen LogP contribution in [0.3, 0.4) is 0 Å². The second-order valence-corrected chi connectivity index (χ2v) is 11.0.